The van der Waals surface area contributed by atoms with E-state index in [1.807, 2.05) is 24.3 Å². The molecule has 2 aromatic rings. The van der Waals surface area contributed by atoms with Gasteiger partial charge in [-0.2, -0.15) is 0 Å². The van der Waals surface area contributed by atoms with E-state index in [0.29, 0.717) is 11.3 Å². The molecule has 2 aromatic carbocycles. The number of anilines is 2. The Balaban J connectivity index is 1.91. The maximum absolute atomic E-state index is 12.5. The van der Waals surface area contributed by atoms with Crippen molar-refractivity contribution in [1.29, 1.82) is 0 Å². The van der Waals surface area contributed by atoms with Crippen molar-refractivity contribution in [2.75, 3.05) is 17.2 Å². The first-order valence-electron chi connectivity index (χ1n) is 7.12. The van der Waals surface area contributed by atoms with Crippen molar-refractivity contribution in [3.05, 3.63) is 53.1 Å². The van der Waals surface area contributed by atoms with Gasteiger partial charge in [-0.25, -0.2) is 0 Å². The van der Waals surface area contributed by atoms with Crippen molar-refractivity contribution in [2.24, 2.45) is 0 Å². The van der Waals surface area contributed by atoms with Gasteiger partial charge in [0.1, 0.15) is 5.75 Å². The molecule has 0 aliphatic carbocycles. The number of phenols is 1. The van der Waals surface area contributed by atoms with Crippen molar-refractivity contribution in [3.8, 4) is 5.75 Å². The Bertz CT molecular complexity index is 695. The molecule has 0 spiro atoms. The monoisotopic (exact) mass is 282 g/mol. The van der Waals surface area contributed by atoms with Gasteiger partial charge >= 0.3 is 0 Å². The molecular weight excluding hydrogens is 264 g/mol. The zero-order chi connectivity index (χ0) is 14.8. The van der Waals surface area contributed by atoms with Gasteiger partial charge in [-0.15, -0.1) is 0 Å². The first kappa shape index (κ1) is 13.5. The van der Waals surface area contributed by atoms with E-state index in [1.54, 1.807) is 19.1 Å². The third-order valence-corrected chi connectivity index (χ3v) is 3.83. The van der Waals surface area contributed by atoms with Crippen LogP contribution in [0.1, 0.15) is 27.9 Å². The van der Waals surface area contributed by atoms with E-state index in [0.717, 1.165) is 36.2 Å². The molecule has 21 heavy (non-hydrogen) atoms. The van der Waals surface area contributed by atoms with E-state index in [9.17, 15) is 9.90 Å². The van der Waals surface area contributed by atoms with Crippen molar-refractivity contribution in [1.82, 2.24) is 0 Å². The van der Waals surface area contributed by atoms with Gasteiger partial charge in [0.2, 0.25) is 0 Å². The maximum Gasteiger partial charge on any atom is 0.256 e. The number of carbonyl (C=O) groups is 1. The summed E-state index contributed by atoms with van der Waals surface area (Å²) in [7, 11) is 0. The lowest BCUT2D eigenvalue weighted by Crippen LogP contribution is -2.19. The van der Waals surface area contributed by atoms with Gasteiger partial charge in [0.05, 0.1) is 5.69 Å². The van der Waals surface area contributed by atoms with Gasteiger partial charge in [-0.05, 0) is 49.1 Å². The molecule has 1 heterocycles. The Morgan fingerprint density at radius 1 is 1.24 bits per heavy atom. The van der Waals surface area contributed by atoms with E-state index in [1.165, 1.54) is 0 Å². The summed E-state index contributed by atoms with van der Waals surface area (Å²) in [6.45, 7) is 2.75. The highest BCUT2D eigenvalue weighted by Gasteiger charge is 2.18. The SMILES string of the molecule is Cc1cccc(NC(=O)c2cccc3c2CCCN3)c1O. The number of hydrogen-bond donors (Lipinski definition) is 3. The van der Waals surface area contributed by atoms with Crippen LogP contribution in [0.25, 0.3) is 0 Å². The first-order valence-corrected chi connectivity index (χ1v) is 7.12. The molecular formula is C17H18N2O2. The maximum atomic E-state index is 12.5. The second-order valence-corrected chi connectivity index (χ2v) is 5.29. The van der Waals surface area contributed by atoms with Crippen molar-refractivity contribution >= 4 is 17.3 Å². The van der Waals surface area contributed by atoms with Crippen LogP contribution in [0.15, 0.2) is 36.4 Å². The van der Waals surface area contributed by atoms with Crippen LogP contribution in [0.2, 0.25) is 0 Å². The number of fused-ring (bicyclic) bond motifs is 1. The van der Waals surface area contributed by atoms with E-state index >= 15 is 0 Å². The quantitative estimate of drug-likeness (QED) is 0.741. The highest BCUT2D eigenvalue weighted by atomic mass is 16.3. The molecule has 108 valence electrons. The van der Waals surface area contributed by atoms with E-state index in [-0.39, 0.29) is 11.7 Å². The Kier molecular flexibility index (Phi) is 3.52. The molecule has 3 N–H and O–H groups in total. The third kappa shape index (κ3) is 2.57. The minimum absolute atomic E-state index is 0.119. The number of benzene rings is 2. The second-order valence-electron chi connectivity index (χ2n) is 5.29. The first-order chi connectivity index (χ1) is 10.2. The Morgan fingerprint density at radius 2 is 2.05 bits per heavy atom. The standard InChI is InChI=1S/C17H18N2O2/c1-11-5-2-9-15(16(11)20)19-17(21)13-6-3-8-14-12(13)7-4-10-18-14/h2-3,5-6,8-9,18,20H,4,7,10H2,1H3,(H,19,21). The molecule has 4 heteroatoms. The molecule has 0 fully saturated rings. The number of hydrogen-bond acceptors (Lipinski definition) is 3. The lowest BCUT2D eigenvalue weighted by Gasteiger charge is -2.20. The molecule has 0 aromatic heterocycles. The van der Waals surface area contributed by atoms with E-state index in [2.05, 4.69) is 10.6 Å². The lowest BCUT2D eigenvalue weighted by molar-refractivity contribution is 0.102. The van der Waals surface area contributed by atoms with Gasteiger partial charge in [0.25, 0.3) is 5.91 Å². The Labute approximate surface area is 123 Å². The average Bonchev–Trinajstić information content (AvgIpc) is 2.51. The molecule has 3 rings (SSSR count). The average molecular weight is 282 g/mol. The van der Waals surface area contributed by atoms with Gasteiger partial charge < -0.3 is 15.7 Å². The van der Waals surface area contributed by atoms with E-state index in [4.69, 9.17) is 0 Å². The van der Waals surface area contributed by atoms with Crippen molar-refractivity contribution in [3.63, 3.8) is 0 Å². The van der Waals surface area contributed by atoms with Crippen LogP contribution in [0, 0.1) is 6.92 Å². The van der Waals surface area contributed by atoms with Crippen LogP contribution in [0.4, 0.5) is 11.4 Å². The van der Waals surface area contributed by atoms with Crippen LogP contribution < -0.4 is 10.6 Å². The van der Waals surface area contributed by atoms with Crippen molar-refractivity contribution in [2.45, 2.75) is 19.8 Å². The fourth-order valence-corrected chi connectivity index (χ4v) is 2.67. The summed E-state index contributed by atoms with van der Waals surface area (Å²) in [4.78, 5) is 12.5. The largest absolute Gasteiger partial charge is 0.505 e. The van der Waals surface area contributed by atoms with Crippen LogP contribution in [-0.4, -0.2) is 17.6 Å². The molecule has 0 saturated carbocycles. The number of nitrogens with one attached hydrogen (secondary N) is 2. The fourth-order valence-electron chi connectivity index (χ4n) is 2.67. The van der Waals surface area contributed by atoms with Crippen molar-refractivity contribution < 1.29 is 9.90 Å². The summed E-state index contributed by atoms with van der Waals surface area (Å²) in [5, 5.41) is 16.1. The zero-order valence-corrected chi connectivity index (χ0v) is 11.9. The number of rotatable bonds is 2. The predicted molar refractivity (Wildman–Crippen MR) is 84.0 cm³/mol. The minimum atomic E-state index is -0.184. The summed E-state index contributed by atoms with van der Waals surface area (Å²) in [6.07, 6.45) is 1.92. The minimum Gasteiger partial charge on any atom is -0.505 e. The second kappa shape index (κ2) is 5.48. The molecule has 0 radical (unpaired) electrons. The Morgan fingerprint density at radius 3 is 2.90 bits per heavy atom. The molecule has 0 bridgehead atoms. The molecule has 1 aliphatic heterocycles. The summed E-state index contributed by atoms with van der Waals surface area (Å²) in [5.74, 6) is -0.0646. The highest BCUT2D eigenvalue weighted by Crippen LogP contribution is 2.29. The molecule has 0 saturated heterocycles. The molecule has 0 atom stereocenters. The van der Waals surface area contributed by atoms with Gasteiger partial charge in [0.15, 0.2) is 0 Å². The molecule has 0 unspecified atom stereocenters. The van der Waals surface area contributed by atoms with Crippen LogP contribution in [0.5, 0.6) is 5.75 Å². The summed E-state index contributed by atoms with van der Waals surface area (Å²) in [6, 6.07) is 11.0. The topological polar surface area (TPSA) is 61.4 Å². The van der Waals surface area contributed by atoms with Crippen LogP contribution in [-0.2, 0) is 6.42 Å². The predicted octanol–water partition coefficient (Wildman–Crippen LogP) is 3.31. The number of aryl methyl sites for hydroxylation is 1. The number of para-hydroxylation sites is 1. The Hall–Kier alpha value is -2.49. The third-order valence-electron chi connectivity index (χ3n) is 3.83. The summed E-state index contributed by atoms with van der Waals surface area (Å²) < 4.78 is 0. The highest BCUT2D eigenvalue weighted by molar-refractivity contribution is 6.07. The molecule has 1 aliphatic rings. The summed E-state index contributed by atoms with van der Waals surface area (Å²) in [5.41, 5.74) is 3.93. The zero-order valence-electron chi connectivity index (χ0n) is 11.9. The van der Waals surface area contributed by atoms with Gasteiger partial charge in [-0.1, -0.05) is 18.2 Å². The number of amides is 1. The molecule has 1 amide bonds. The van der Waals surface area contributed by atoms with Crippen LogP contribution >= 0.6 is 0 Å². The van der Waals surface area contributed by atoms with E-state index < -0.39 is 0 Å². The van der Waals surface area contributed by atoms with Gasteiger partial charge in [-0.3, -0.25) is 4.79 Å². The molecule has 4 nitrogen and oxygen atoms in total. The summed E-state index contributed by atoms with van der Waals surface area (Å²) >= 11 is 0. The number of phenolic OH excluding ortho intramolecular Hbond substituents is 1. The number of aromatic hydroxyl groups is 1. The normalized spacial score (nSPS) is 13.2. The fraction of sp³-hybridized carbons (Fsp3) is 0.235. The van der Waals surface area contributed by atoms with Gasteiger partial charge in [0, 0.05) is 17.8 Å². The number of carbonyl (C=O) groups excluding carboxylic acids is 1. The van der Waals surface area contributed by atoms with Crippen LogP contribution in [0.3, 0.4) is 0 Å². The lowest BCUT2D eigenvalue weighted by atomic mass is 9.97. The smallest absolute Gasteiger partial charge is 0.256 e.